The van der Waals surface area contributed by atoms with Crippen LogP contribution < -0.4 is 5.32 Å². The molecule has 0 spiro atoms. The van der Waals surface area contributed by atoms with Crippen molar-refractivity contribution < 1.29 is 9.32 Å². The fourth-order valence-corrected chi connectivity index (χ4v) is 5.57. The number of aromatic nitrogens is 2. The summed E-state index contributed by atoms with van der Waals surface area (Å²) in [5, 5.41) is 8.89. The molecule has 1 N–H and O–H groups in total. The van der Waals surface area contributed by atoms with Crippen LogP contribution in [0.5, 0.6) is 0 Å². The average molecular weight is 441 g/mol. The second-order valence-electron chi connectivity index (χ2n) is 11.6. The summed E-state index contributed by atoms with van der Waals surface area (Å²) in [5.74, 6) is 0.716. The van der Waals surface area contributed by atoms with E-state index in [1.807, 2.05) is 6.07 Å². The van der Waals surface area contributed by atoms with Gasteiger partial charge in [-0.05, 0) is 71.8 Å². The Balaban J connectivity index is 1.79. The number of rotatable bonds is 7. The number of carbonyl (C=O) groups excluding carboxylic acids is 1. The third kappa shape index (κ3) is 4.70. The monoisotopic (exact) mass is 440 g/mol. The minimum atomic E-state index is -0.0236. The molecule has 2 aromatic rings. The van der Waals surface area contributed by atoms with Crippen molar-refractivity contribution in [3.05, 3.63) is 23.0 Å². The molecule has 6 nitrogen and oxygen atoms in total. The lowest BCUT2D eigenvalue weighted by Crippen LogP contribution is -2.62. The minimum Gasteiger partial charge on any atom is -0.336 e. The fraction of sp³-hybridized carbons (Fsp3) is 0.731. The van der Waals surface area contributed by atoms with E-state index in [4.69, 9.17) is 9.51 Å². The van der Waals surface area contributed by atoms with E-state index < -0.39 is 0 Å². The molecule has 1 aliphatic carbocycles. The summed E-state index contributed by atoms with van der Waals surface area (Å²) in [6, 6.07) is 2.23. The van der Waals surface area contributed by atoms with Crippen LogP contribution in [0.25, 0.3) is 11.1 Å². The first-order valence-corrected chi connectivity index (χ1v) is 12.4. The van der Waals surface area contributed by atoms with E-state index in [-0.39, 0.29) is 28.9 Å². The number of hydrogen-bond acceptors (Lipinski definition) is 5. The smallest absolute Gasteiger partial charge is 0.259 e. The molecule has 2 aliphatic rings. The van der Waals surface area contributed by atoms with Gasteiger partial charge < -0.3 is 14.7 Å². The van der Waals surface area contributed by atoms with Gasteiger partial charge in [0.1, 0.15) is 0 Å². The molecule has 4 rings (SSSR count). The second kappa shape index (κ2) is 8.44. The predicted octanol–water partition coefficient (Wildman–Crippen LogP) is 5.78. The van der Waals surface area contributed by atoms with Crippen LogP contribution in [0.2, 0.25) is 0 Å². The quantitative estimate of drug-likeness (QED) is 0.591. The SMILES string of the molecule is CCCCN(C(=O)c1cc(C2CC2)nc2onc(C(C)C)c12)C1CC(C)(C)NC(C)(C)C1. The number of hydrogen-bond donors (Lipinski definition) is 1. The van der Waals surface area contributed by atoms with E-state index in [1.165, 1.54) is 0 Å². The summed E-state index contributed by atoms with van der Waals surface area (Å²) < 4.78 is 5.65. The lowest BCUT2D eigenvalue weighted by Gasteiger charge is -2.49. The van der Waals surface area contributed by atoms with E-state index in [1.54, 1.807) is 0 Å². The third-order valence-electron chi connectivity index (χ3n) is 6.89. The summed E-state index contributed by atoms with van der Waals surface area (Å²) in [7, 11) is 0. The van der Waals surface area contributed by atoms with Gasteiger partial charge in [0.2, 0.25) is 0 Å². The molecular weight excluding hydrogens is 400 g/mol. The van der Waals surface area contributed by atoms with Crippen molar-refractivity contribution in [1.29, 1.82) is 0 Å². The zero-order valence-corrected chi connectivity index (χ0v) is 20.9. The van der Waals surface area contributed by atoms with Gasteiger partial charge >= 0.3 is 0 Å². The summed E-state index contributed by atoms with van der Waals surface area (Å²) in [4.78, 5) is 21.2. The number of unbranched alkanes of at least 4 members (excludes halogenated alkanes) is 1. The van der Waals surface area contributed by atoms with E-state index in [0.29, 0.717) is 11.6 Å². The Morgan fingerprint density at radius 1 is 1.22 bits per heavy atom. The average Bonchev–Trinajstić information content (AvgIpc) is 3.43. The Kier molecular flexibility index (Phi) is 6.12. The zero-order chi connectivity index (χ0) is 23.3. The molecule has 1 amide bonds. The highest BCUT2D eigenvalue weighted by atomic mass is 16.5. The van der Waals surface area contributed by atoms with Gasteiger partial charge in [-0.25, -0.2) is 4.98 Å². The molecule has 6 heteroatoms. The van der Waals surface area contributed by atoms with Crippen LogP contribution in [0.15, 0.2) is 10.6 Å². The number of carbonyl (C=O) groups is 1. The summed E-state index contributed by atoms with van der Waals surface area (Å²) in [5.41, 5.74) is 3.01. The lowest BCUT2D eigenvalue weighted by molar-refractivity contribution is 0.0443. The third-order valence-corrected chi connectivity index (χ3v) is 6.89. The number of nitrogens with zero attached hydrogens (tertiary/aromatic N) is 3. The van der Waals surface area contributed by atoms with Crippen molar-refractivity contribution in [2.45, 2.75) is 116 Å². The van der Waals surface area contributed by atoms with Crippen molar-refractivity contribution in [1.82, 2.24) is 20.4 Å². The van der Waals surface area contributed by atoms with E-state index in [9.17, 15) is 4.79 Å². The number of nitrogens with one attached hydrogen (secondary N) is 1. The highest BCUT2D eigenvalue weighted by Crippen LogP contribution is 2.41. The zero-order valence-electron chi connectivity index (χ0n) is 20.9. The first-order valence-electron chi connectivity index (χ1n) is 12.4. The van der Waals surface area contributed by atoms with Crippen LogP contribution in [0, 0.1) is 0 Å². The molecule has 1 saturated carbocycles. The molecule has 3 heterocycles. The number of pyridine rings is 1. The Hall–Kier alpha value is -1.95. The van der Waals surface area contributed by atoms with Crippen molar-refractivity contribution in [3.8, 4) is 0 Å². The maximum Gasteiger partial charge on any atom is 0.259 e. The van der Waals surface area contributed by atoms with Crippen LogP contribution in [0.3, 0.4) is 0 Å². The van der Waals surface area contributed by atoms with Gasteiger partial charge in [0.15, 0.2) is 0 Å². The second-order valence-corrected chi connectivity index (χ2v) is 11.6. The van der Waals surface area contributed by atoms with Gasteiger partial charge in [-0.2, -0.15) is 0 Å². The normalized spacial score (nSPS) is 20.8. The molecule has 32 heavy (non-hydrogen) atoms. The Bertz CT molecular complexity index is 971. The Morgan fingerprint density at radius 3 is 2.44 bits per heavy atom. The minimum absolute atomic E-state index is 0.0236. The van der Waals surface area contributed by atoms with Crippen molar-refractivity contribution in [2.24, 2.45) is 0 Å². The first kappa shape index (κ1) is 23.2. The molecule has 176 valence electrons. The lowest BCUT2D eigenvalue weighted by atomic mass is 9.78. The number of amides is 1. The topological polar surface area (TPSA) is 71.3 Å². The molecule has 0 atom stereocenters. The molecule has 0 unspecified atom stereocenters. The van der Waals surface area contributed by atoms with Crippen LogP contribution in [-0.4, -0.2) is 44.6 Å². The Morgan fingerprint density at radius 2 is 1.88 bits per heavy atom. The van der Waals surface area contributed by atoms with Crippen LogP contribution in [-0.2, 0) is 0 Å². The molecule has 2 aromatic heterocycles. The van der Waals surface area contributed by atoms with Gasteiger partial charge in [0, 0.05) is 35.3 Å². The van der Waals surface area contributed by atoms with Crippen LogP contribution in [0.4, 0.5) is 0 Å². The molecule has 0 bridgehead atoms. The largest absolute Gasteiger partial charge is 0.336 e. The van der Waals surface area contributed by atoms with Gasteiger partial charge in [0.05, 0.1) is 16.6 Å². The highest BCUT2D eigenvalue weighted by Gasteiger charge is 2.42. The van der Waals surface area contributed by atoms with Crippen LogP contribution >= 0.6 is 0 Å². The molecule has 2 fully saturated rings. The molecule has 1 aliphatic heterocycles. The van der Waals surface area contributed by atoms with Gasteiger partial charge in [-0.15, -0.1) is 0 Å². The summed E-state index contributed by atoms with van der Waals surface area (Å²) >= 11 is 0. The maximum absolute atomic E-state index is 14.3. The van der Waals surface area contributed by atoms with E-state index >= 15 is 0 Å². The molecule has 0 aromatic carbocycles. The summed E-state index contributed by atoms with van der Waals surface area (Å²) in [6.45, 7) is 16.1. The number of piperidine rings is 1. The molecular formula is C26H40N4O2. The van der Waals surface area contributed by atoms with E-state index in [0.717, 1.165) is 67.4 Å². The fourth-order valence-electron chi connectivity index (χ4n) is 5.57. The standard InChI is InChI=1S/C26H40N4O2/c1-8-9-12-30(18-14-25(4,5)29-26(6,7)15-18)24(31)19-13-20(17-10-11-17)27-23-21(19)22(16(2)3)28-32-23/h13,16-18,29H,8-12,14-15H2,1-7H3. The van der Waals surface area contributed by atoms with Gasteiger partial charge in [0.25, 0.3) is 11.6 Å². The molecule has 0 radical (unpaired) electrons. The maximum atomic E-state index is 14.3. The summed E-state index contributed by atoms with van der Waals surface area (Å²) in [6.07, 6.45) is 6.21. The highest BCUT2D eigenvalue weighted by molar-refractivity contribution is 6.06. The van der Waals surface area contributed by atoms with E-state index in [2.05, 4.69) is 63.8 Å². The van der Waals surface area contributed by atoms with Gasteiger partial charge in [-0.3, -0.25) is 4.79 Å². The van der Waals surface area contributed by atoms with Crippen molar-refractivity contribution >= 4 is 17.0 Å². The van der Waals surface area contributed by atoms with Crippen LogP contribution in [0.1, 0.15) is 121 Å². The Labute approximate surface area is 192 Å². The van der Waals surface area contributed by atoms with Crippen molar-refractivity contribution in [3.63, 3.8) is 0 Å². The van der Waals surface area contributed by atoms with Gasteiger partial charge in [-0.1, -0.05) is 32.3 Å². The number of fused-ring (bicyclic) bond motifs is 1. The first-order chi connectivity index (χ1) is 15.0. The van der Waals surface area contributed by atoms with Crippen molar-refractivity contribution in [2.75, 3.05) is 6.54 Å². The predicted molar refractivity (Wildman–Crippen MR) is 128 cm³/mol. The molecule has 1 saturated heterocycles.